The predicted molar refractivity (Wildman–Crippen MR) is 77.7 cm³/mol. The summed E-state index contributed by atoms with van der Waals surface area (Å²) >= 11 is 3.33. The van der Waals surface area contributed by atoms with Crippen LogP contribution in [0.25, 0.3) is 0 Å². The van der Waals surface area contributed by atoms with Crippen molar-refractivity contribution in [3.05, 3.63) is 21.9 Å². The molecule has 18 heavy (non-hydrogen) atoms. The third kappa shape index (κ3) is 3.73. The van der Waals surface area contributed by atoms with Crippen molar-refractivity contribution in [1.82, 2.24) is 5.32 Å². The maximum absolute atomic E-state index is 10.8. The minimum Gasteiger partial charge on any atom is -0.477 e. The Balaban J connectivity index is 1.81. The van der Waals surface area contributed by atoms with E-state index in [9.17, 15) is 4.79 Å². The van der Waals surface area contributed by atoms with E-state index in [1.165, 1.54) is 37.0 Å². The molecule has 100 valence electrons. The normalized spacial score (nSPS) is 24.1. The van der Waals surface area contributed by atoms with Crippen LogP contribution in [0.5, 0.6) is 0 Å². The Labute approximate surface area is 116 Å². The van der Waals surface area contributed by atoms with Crippen LogP contribution in [0.3, 0.4) is 0 Å². The van der Waals surface area contributed by atoms with E-state index in [4.69, 9.17) is 5.11 Å². The number of carboxylic acids is 1. The highest BCUT2D eigenvalue weighted by Crippen LogP contribution is 2.27. The van der Waals surface area contributed by atoms with E-state index in [1.807, 2.05) is 17.8 Å². The molecule has 2 unspecified atom stereocenters. The minimum atomic E-state index is -0.827. The quantitative estimate of drug-likeness (QED) is 0.872. The van der Waals surface area contributed by atoms with Crippen molar-refractivity contribution in [1.29, 1.82) is 0 Å². The topological polar surface area (TPSA) is 49.3 Å². The zero-order valence-electron chi connectivity index (χ0n) is 10.5. The Morgan fingerprint density at radius 2 is 2.39 bits per heavy atom. The molecule has 0 spiro atoms. The lowest BCUT2D eigenvalue weighted by Gasteiger charge is -2.28. The molecule has 1 aliphatic rings. The molecular weight excluding hydrogens is 266 g/mol. The highest BCUT2D eigenvalue weighted by atomic mass is 32.2. The molecule has 3 nitrogen and oxygen atoms in total. The van der Waals surface area contributed by atoms with Gasteiger partial charge in [-0.3, -0.25) is 0 Å². The molecule has 0 radical (unpaired) electrons. The molecule has 0 aromatic carbocycles. The fourth-order valence-electron chi connectivity index (χ4n) is 2.38. The highest BCUT2D eigenvalue weighted by Gasteiger charge is 2.20. The SMILES string of the molecule is CSC1CCCC(NCc2ccc(C(=O)O)s2)C1. The van der Waals surface area contributed by atoms with Gasteiger partial charge in [-0.1, -0.05) is 6.42 Å². The molecule has 1 aliphatic carbocycles. The predicted octanol–water partition coefficient (Wildman–Crippen LogP) is 3.21. The second-order valence-electron chi connectivity index (χ2n) is 4.67. The number of carboxylic acid groups (broad SMARTS) is 1. The maximum atomic E-state index is 10.8. The number of aromatic carboxylic acids is 1. The van der Waals surface area contributed by atoms with Crippen molar-refractivity contribution in [3.8, 4) is 0 Å². The second kappa shape index (κ2) is 6.59. The molecule has 1 saturated carbocycles. The Hall–Kier alpha value is -0.520. The number of nitrogens with one attached hydrogen (secondary N) is 1. The molecule has 0 saturated heterocycles. The van der Waals surface area contributed by atoms with Crippen molar-refractivity contribution in [2.45, 2.75) is 43.5 Å². The third-order valence-corrected chi connectivity index (χ3v) is 5.56. The molecular formula is C13H19NO2S2. The first kappa shape index (κ1) is 13.9. The van der Waals surface area contributed by atoms with Gasteiger partial charge in [0.25, 0.3) is 0 Å². The lowest BCUT2D eigenvalue weighted by molar-refractivity contribution is 0.0702. The Bertz CT molecular complexity index is 405. The van der Waals surface area contributed by atoms with Crippen molar-refractivity contribution in [2.75, 3.05) is 6.26 Å². The summed E-state index contributed by atoms with van der Waals surface area (Å²) in [5.41, 5.74) is 0. The van der Waals surface area contributed by atoms with Gasteiger partial charge < -0.3 is 10.4 Å². The first-order chi connectivity index (χ1) is 8.69. The second-order valence-corrected chi connectivity index (χ2v) is 6.98. The van der Waals surface area contributed by atoms with E-state index >= 15 is 0 Å². The van der Waals surface area contributed by atoms with Gasteiger partial charge in [0.2, 0.25) is 0 Å². The van der Waals surface area contributed by atoms with E-state index in [2.05, 4.69) is 11.6 Å². The third-order valence-electron chi connectivity index (χ3n) is 3.40. The molecule has 2 atom stereocenters. The molecule has 1 aromatic heterocycles. The summed E-state index contributed by atoms with van der Waals surface area (Å²) in [6.45, 7) is 0.795. The average molecular weight is 285 g/mol. The summed E-state index contributed by atoms with van der Waals surface area (Å²) in [5.74, 6) is -0.827. The number of thiophene rings is 1. The molecule has 5 heteroatoms. The fraction of sp³-hybridized carbons (Fsp3) is 0.615. The van der Waals surface area contributed by atoms with Gasteiger partial charge in [-0.15, -0.1) is 11.3 Å². The molecule has 0 bridgehead atoms. The van der Waals surface area contributed by atoms with Crippen LogP contribution in [0.1, 0.15) is 40.2 Å². The largest absolute Gasteiger partial charge is 0.477 e. The van der Waals surface area contributed by atoms with E-state index in [0.29, 0.717) is 10.9 Å². The van der Waals surface area contributed by atoms with Crippen LogP contribution in [0.15, 0.2) is 12.1 Å². The van der Waals surface area contributed by atoms with Gasteiger partial charge in [0, 0.05) is 22.7 Å². The number of rotatable bonds is 5. The summed E-state index contributed by atoms with van der Waals surface area (Å²) in [7, 11) is 0. The monoisotopic (exact) mass is 285 g/mol. The molecule has 0 aliphatic heterocycles. The molecule has 2 N–H and O–H groups in total. The molecule has 0 amide bonds. The van der Waals surface area contributed by atoms with Crippen LogP contribution in [0, 0.1) is 0 Å². The molecule has 1 aromatic rings. The first-order valence-corrected chi connectivity index (χ1v) is 8.37. The Morgan fingerprint density at radius 1 is 1.56 bits per heavy atom. The maximum Gasteiger partial charge on any atom is 0.345 e. The van der Waals surface area contributed by atoms with E-state index in [-0.39, 0.29) is 0 Å². The summed E-state index contributed by atoms with van der Waals surface area (Å²) < 4.78 is 0. The van der Waals surface area contributed by atoms with Crippen LogP contribution >= 0.6 is 23.1 Å². The number of hydrogen-bond donors (Lipinski definition) is 2. The zero-order chi connectivity index (χ0) is 13.0. The summed E-state index contributed by atoms with van der Waals surface area (Å²) in [4.78, 5) is 12.3. The van der Waals surface area contributed by atoms with Gasteiger partial charge in [0.15, 0.2) is 0 Å². The van der Waals surface area contributed by atoms with E-state index in [1.54, 1.807) is 6.07 Å². The number of thioether (sulfide) groups is 1. The molecule has 1 fully saturated rings. The van der Waals surface area contributed by atoms with Gasteiger partial charge in [0.05, 0.1) is 0 Å². The lowest BCUT2D eigenvalue weighted by Crippen LogP contribution is -2.34. The average Bonchev–Trinajstić information content (AvgIpc) is 2.85. The van der Waals surface area contributed by atoms with Gasteiger partial charge in [0.1, 0.15) is 4.88 Å². The summed E-state index contributed by atoms with van der Waals surface area (Å²) in [5, 5.41) is 13.2. The van der Waals surface area contributed by atoms with E-state index < -0.39 is 5.97 Å². The van der Waals surface area contributed by atoms with Crippen LogP contribution in [-0.2, 0) is 6.54 Å². The zero-order valence-corrected chi connectivity index (χ0v) is 12.1. The van der Waals surface area contributed by atoms with Crippen molar-refractivity contribution < 1.29 is 9.90 Å². The standard InChI is InChI=1S/C13H19NO2S2/c1-17-10-4-2-3-9(7-10)14-8-11-5-6-12(18-11)13(15)16/h5-6,9-10,14H,2-4,7-8H2,1H3,(H,15,16). The number of hydrogen-bond acceptors (Lipinski definition) is 4. The minimum absolute atomic E-state index is 0.428. The first-order valence-electron chi connectivity index (χ1n) is 6.27. The van der Waals surface area contributed by atoms with Gasteiger partial charge in [-0.25, -0.2) is 4.79 Å². The van der Waals surface area contributed by atoms with Crippen LogP contribution in [0.2, 0.25) is 0 Å². The summed E-state index contributed by atoms with van der Waals surface area (Å²) in [6.07, 6.45) is 7.30. The van der Waals surface area contributed by atoms with Gasteiger partial charge in [-0.05, 0) is 37.7 Å². The Morgan fingerprint density at radius 3 is 3.06 bits per heavy atom. The highest BCUT2D eigenvalue weighted by molar-refractivity contribution is 7.99. The smallest absolute Gasteiger partial charge is 0.345 e. The van der Waals surface area contributed by atoms with Crippen LogP contribution in [-0.4, -0.2) is 28.6 Å². The fourth-order valence-corrected chi connectivity index (χ4v) is 4.00. The van der Waals surface area contributed by atoms with Crippen molar-refractivity contribution in [3.63, 3.8) is 0 Å². The van der Waals surface area contributed by atoms with Crippen LogP contribution in [0.4, 0.5) is 0 Å². The van der Waals surface area contributed by atoms with Crippen molar-refractivity contribution in [2.24, 2.45) is 0 Å². The summed E-state index contributed by atoms with van der Waals surface area (Å²) in [6, 6.07) is 4.19. The molecule has 2 rings (SSSR count). The number of carbonyl (C=O) groups is 1. The van der Waals surface area contributed by atoms with E-state index in [0.717, 1.165) is 16.7 Å². The van der Waals surface area contributed by atoms with Gasteiger partial charge >= 0.3 is 5.97 Å². The van der Waals surface area contributed by atoms with Crippen molar-refractivity contribution >= 4 is 29.1 Å². The van der Waals surface area contributed by atoms with Gasteiger partial charge in [-0.2, -0.15) is 11.8 Å². The van der Waals surface area contributed by atoms with Crippen LogP contribution < -0.4 is 5.32 Å². The lowest BCUT2D eigenvalue weighted by atomic mass is 9.95. The Kier molecular flexibility index (Phi) is 5.09. The molecule has 1 heterocycles.